The van der Waals surface area contributed by atoms with Gasteiger partial charge in [0.1, 0.15) is 11.6 Å². The number of aliphatic hydroxyl groups excluding tert-OH is 1. The summed E-state index contributed by atoms with van der Waals surface area (Å²) in [6.07, 6.45) is -1.87. The van der Waals surface area contributed by atoms with Gasteiger partial charge in [0.2, 0.25) is 0 Å². The molecule has 5 nitrogen and oxygen atoms in total. The summed E-state index contributed by atoms with van der Waals surface area (Å²) in [5.74, 6) is -2.56. The molecule has 0 saturated carbocycles. The average Bonchev–Trinajstić information content (AvgIpc) is 2.27. The first kappa shape index (κ1) is 12.1. The van der Waals surface area contributed by atoms with Crippen molar-refractivity contribution >= 4 is 12.3 Å². The number of aldehydes is 1. The Kier molecular flexibility index (Phi) is 3.57. The molecule has 0 bridgehead atoms. The van der Waals surface area contributed by atoms with Crippen LogP contribution in [0.3, 0.4) is 0 Å². The highest BCUT2D eigenvalue weighted by Crippen LogP contribution is 2.29. The SMILES string of the molecule is COc1ccc(F)c(C=O)c1C(O)C(=O)O. The zero-order valence-corrected chi connectivity index (χ0v) is 8.31. The number of carboxylic acids is 1. The van der Waals surface area contributed by atoms with E-state index >= 15 is 0 Å². The molecule has 0 saturated heterocycles. The van der Waals surface area contributed by atoms with Crippen LogP contribution in [0.25, 0.3) is 0 Å². The normalized spacial score (nSPS) is 11.9. The van der Waals surface area contributed by atoms with Crippen LogP contribution in [0.2, 0.25) is 0 Å². The van der Waals surface area contributed by atoms with E-state index in [4.69, 9.17) is 9.84 Å². The number of halogens is 1. The van der Waals surface area contributed by atoms with Crippen molar-refractivity contribution in [3.8, 4) is 5.75 Å². The molecule has 1 rings (SSSR count). The topological polar surface area (TPSA) is 83.8 Å². The summed E-state index contributed by atoms with van der Waals surface area (Å²) in [7, 11) is 1.22. The zero-order chi connectivity index (χ0) is 12.3. The molecule has 0 heterocycles. The highest BCUT2D eigenvalue weighted by Gasteiger charge is 2.25. The van der Waals surface area contributed by atoms with Gasteiger partial charge in [0.15, 0.2) is 12.4 Å². The molecule has 86 valence electrons. The molecule has 0 aliphatic heterocycles. The Hall–Kier alpha value is -1.95. The molecule has 1 unspecified atom stereocenters. The van der Waals surface area contributed by atoms with Crippen LogP contribution >= 0.6 is 0 Å². The van der Waals surface area contributed by atoms with Gasteiger partial charge in [-0.3, -0.25) is 4.79 Å². The van der Waals surface area contributed by atoms with Crippen LogP contribution in [0.4, 0.5) is 4.39 Å². The summed E-state index contributed by atoms with van der Waals surface area (Å²) in [5.41, 5.74) is -0.903. The molecular weight excluding hydrogens is 219 g/mol. The van der Waals surface area contributed by atoms with Gasteiger partial charge in [0, 0.05) is 5.56 Å². The van der Waals surface area contributed by atoms with Gasteiger partial charge in [-0.05, 0) is 12.1 Å². The number of carbonyl (C=O) groups is 2. The molecule has 0 aliphatic rings. The Morgan fingerprint density at radius 1 is 1.56 bits per heavy atom. The number of rotatable bonds is 4. The summed E-state index contributed by atoms with van der Waals surface area (Å²) < 4.78 is 18.0. The number of aliphatic hydroxyl groups is 1. The van der Waals surface area contributed by atoms with E-state index in [-0.39, 0.29) is 17.6 Å². The van der Waals surface area contributed by atoms with Crippen molar-refractivity contribution in [2.45, 2.75) is 6.10 Å². The zero-order valence-electron chi connectivity index (χ0n) is 8.31. The smallest absolute Gasteiger partial charge is 0.337 e. The molecule has 0 radical (unpaired) electrons. The Bertz CT molecular complexity index is 429. The number of ether oxygens (including phenoxy) is 1. The van der Waals surface area contributed by atoms with Gasteiger partial charge in [-0.15, -0.1) is 0 Å². The van der Waals surface area contributed by atoms with Gasteiger partial charge in [-0.1, -0.05) is 0 Å². The molecule has 16 heavy (non-hydrogen) atoms. The maximum absolute atomic E-state index is 13.2. The maximum Gasteiger partial charge on any atom is 0.337 e. The Labute approximate surface area is 90.1 Å². The van der Waals surface area contributed by atoms with Crippen molar-refractivity contribution in [1.82, 2.24) is 0 Å². The van der Waals surface area contributed by atoms with Crippen LogP contribution in [0, 0.1) is 5.82 Å². The van der Waals surface area contributed by atoms with E-state index in [0.29, 0.717) is 0 Å². The van der Waals surface area contributed by atoms with Crippen LogP contribution in [-0.4, -0.2) is 29.6 Å². The van der Waals surface area contributed by atoms with Crippen molar-refractivity contribution in [3.63, 3.8) is 0 Å². The third-order valence-corrected chi connectivity index (χ3v) is 2.04. The quantitative estimate of drug-likeness (QED) is 0.743. The summed E-state index contributed by atoms with van der Waals surface area (Å²) in [5, 5.41) is 18.0. The minimum Gasteiger partial charge on any atom is -0.496 e. The van der Waals surface area contributed by atoms with E-state index in [0.717, 1.165) is 12.1 Å². The average molecular weight is 228 g/mol. The minimum atomic E-state index is -2.01. The highest BCUT2D eigenvalue weighted by atomic mass is 19.1. The second-order valence-corrected chi connectivity index (χ2v) is 2.94. The summed E-state index contributed by atoms with van der Waals surface area (Å²) in [6.45, 7) is 0. The van der Waals surface area contributed by atoms with Gasteiger partial charge in [-0.25, -0.2) is 9.18 Å². The number of hydrogen-bond acceptors (Lipinski definition) is 4. The summed E-state index contributed by atoms with van der Waals surface area (Å²) in [6, 6.07) is 2.10. The molecule has 6 heteroatoms. The lowest BCUT2D eigenvalue weighted by Crippen LogP contribution is -2.15. The molecule has 0 spiro atoms. The predicted molar refractivity (Wildman–Crippen MR) is 50.9 cm³/mol. The van der Waals surface area contributed by atoms with Crippen LogP contribution in [-0.2, 0) is 4.79 Å². The number of carboxylic acid groups (broad SMARTS) is 1. The molecule has 0 fully saturated rings. The van der Waals surface area contributed by atoms with E-state index in [1.54, 1.807) is 0 Å². The van der Waals surface area contributed by atoms with Gasteiger partial charge in [0.25, 0.3) is 0 Å². The van der Waals surface area contributed by atoms with Crippen LogP contribution in [0.15, 0.2) is 12.1 Å². The van der Waals surface area contributed by atoms with E-state index in [1.807, 2.05) is 0 Å². The summed E-state index contributed by atoms with van der Waals surface area (Å²) in [4.78, 5) is 21.2. The fourth-order valence-electron chi connectivity index (χ4n) is 1.29. The van der Waals surface area contributed by atoms with Crippen molar-refractivity contribution in [2.24, 2.45) is 0 Å². The van der Waals surface area contributed by atoms with Gasteiger partial charge in [-0.2, -0.15) is 0 Å². The van der Waals surface area contributed by atoms with Crippen molar-refractivity contribution < 1.29 is 28.9 Å². The lowest BCUT2D eigenvalue weighted by atomic mass is 10.0. The standard InChI is InChI=1S/C10H9FO5/c1-16-7-3-2-6(11)5(4-12)8(7)9(13)10(14)15/h2-4,9,13H,1H3,(H,14,15). The number of hydrogen-bond donors (Lipinski definition) is 2. The first-order chi connectivity index (χ1) is 7.52. The second-order valence-electron chi connectivity index (χ2n) is 2.94. The van der Waals surface area contributed by atoms with Crippen LogP contribution < -0.4 is 4.74 Å². The number of benzene rings is 1. The Balaban J connectivity index is 3.47. The van der Waals surface area contributed by atoms with E-state index in [9.17, 15) is 19.1 Å². The number of carbonyl (C=O) groups excluding carboxylic acids is 1. The van der Waals surface area contributed by atoms with E-state index < -0.39 is 23.5 Å². The van der Waals surface area contributed by atoms with Crippen molar-refractivity contribution in [1.29, 1.82) is 0 Å². The first-order valence-electron chi connectivity index (χ1n) is 4.25. The van der Waals surface area contributed by atoms with Crippen molar-refractivity contribution in [3.05, 3.63) is 29.1 Å². The number of aliphatic carboxylic acids is 1. The fourth-order valence-corrected chi connectivity index (χ4v) is 1.29. The molecule has 0 aromatic heterocycles. The molecule has 1 aromatic carbocycles. The van der Waals surface area contributed by atoms with Crippen LogP contribution in [0.1, 0.15) is 22.0 Å². The second kappa shape index (κ2) is 4.71. The van der Waals surface area contributed by atoms with E-state index in [2.05, 4.69) is 0 Å². The molecule has 1 atom stereocenters. The predicted octanol–water partition coefficient (Wildman–Crippen LogP) is 0.765. The summed E-state index contributed by atoms with van der Waals surface area (Å²) >= 11 is 0. The van der Waals surface area contributed by atoms with E-state index in [1.165, 1.54) is 7.11 Å². The molecular formula is C10H9FO5. The fraction of sp³-hybridized carbons (Fsp3) is 0.200. The maximum atomic E-state index is 13.2. The van der Waals surface area contributed by atoms with Gasteiger partial charge in [0.05, 0.1) is 12.7 Å². The third kappa shape index (κ3) is 2.01. The van der Waals surface area contributed by atoms with Crippen molar-refractivity contribution in [2.75, 3.05) is 7.11 Å². The lowest BCUT2D eigenvalue weighted by molar-refractivity contribution is -0.147. The first-order valence-corrected chi connectivity index (χ1v) is 4.25. The highest BCUT2D eigenvalue weighted by molar-refractivity contribution is 5.85. The molecule has 1 aromatic rings. The Morgan fingerprint density at radius 2 is 2.19 bits per heavy atom. The third-order valence-electron chi connectivity index (χ3n) is 2.04. The Morgan fingerprint density at radius 3 is 2.62 bits per heavy atom. The molecule has 2 N–H and O–H groups in total. The number of methoxy groups -OCH3 is 1. The van der Waals surface area contributed by atoms with Gasteiger partial charge < -0.3 is 14.9 Å². The largest absolute Gasteiger partial charge is 0.496 e. The van der Waals surface area contributed by atoms with Gasteiger partial charge >= 0.3 is 5.97 Å². The monoisotopic (exact) mass is 228 g/mol. The molecule has 0 amide bonds. The molecule has 0 aliphatic carbocycles. The minimum absolute atomic E-state index is 0.0570. The lowest BCUT2D eigenvalue weighted by Gasteiger charge is -2.13. The van der Waals surface area contributed by atoms with Crippen LogP contribution in [0.5, 0.6) is 5.75 Å².